The van der Waals surface area contributed by atoms with Crippen LogP contribution in [0.1, 0.15) is 5.56 Å². The SMILES string of the molecule is Cc1ccc(F)cc1NC(=O)N1CCN(c2ccccc2[N+](=O)[O-])CC1. The third-order valence-corrected chi connectivity index (χ3v) is 4.43. The molecule has 8 heteroatoms. The first-order chi connectivity index (χ1) is 12.5. The van der Waals surface area contributed by atoms with Crippen molar-refractivity contribution < 1.29 is 14.1 Å². The number of carbonyl (C=O) groups excluding carboxylic acids is 1. The highest BCUT2D eigenvalue weighted by atomic mass is 19.1. The minimum absolute atomic E-state index is 0.0563. The molecule has 0 spiro atoms. The number of urea groups is 1. The molecular formula is C18H19FN4O3. The molecule has 1 saturated heterocycles. The Morgan fingerprint density at radius 2 is 1.85 bits per heavy atom. The van der Waals surface area contributed by atoms with Crippen LogP contribution in [0.4, 0.5) is 26.2 Å². The fraction of sp³-hybridized carbons (Fsp3) is 0.278. The van der Waals surface area contributed by atoms with E-state index in [9.17, 15) is 19.3 Å². The van der Waals surface area contributed by atoms with Gasteiger partial charge in [0.05, 0.1) is 4.92 Å². The molecule has 0 saturated carbocycles. The Kier molecular flexibility index (Phi) is 5.01. The number of anilines is 2. The quantitative estimate of drug-likeness (QED) is 0.674. The van der Waals surface area contributed by atoms with Crippen LogP contribution in [0.2, 0.25) is 0 Å². The Hall–Kier alpha value is -3.16. The molecule has 0 atom stereocenters. The number of halogens is 1. The van der Waals surface area contributed by atoms with Gasteiger partial charge in [0.25, 0.3) is 5.69 Å². The van der Waals surface area contributed by atoms with Crippen LogP contribution in [0.5, 0.6) is 0 Å². The summed E-state index contributed by atoms with van der Waals surface area (Å²) in [7, 11) is 0. The van der Waals surface area contributed by atoms with Gasteiger partial charge in [0.2, 0.25) is 0 Å². The van der Waals surface area contributed by atoms with Crippen molar-refractivity contribution in [1.82, 2.24) is 4.90 Å². The number of aryl methyl sites for hydroxylation is 1. The van der Waals surface area contributed by atoms with Crippen molar-refractivity contribution in [2.75, 3.05) is 36.4 Å². The Labute approximate surface area is 150 Å². The van der Waals surface area contributed by atoms with Crippen molar-refractivity contribution in [3.63, 3.8) is 0 Å². The summed E-state index contributed by atoms with van der Waals surface area (Å²) in [4.78, 5) is 26.7. The average molecular weight is 358 g/mol. The van der Waals surface area contributed by atoms with Gasteiger partial charge >= 0.3 is 6.03 Å². The minimum Gasteiger partial charge on any atom is -0.362 e. The lowest BCUT2D eigenvalue weighted by atomic mass is 10.2. The van der Waals surface area contributed by atoms with E-state index in [-0.39, 0.29) is 11.7 Å². The normalized spacial score (nSPS) is 14.2. The van der Waals surface area contributed by atoms with Crippen LogP contribution in [-0.4, -0.2) is 42.0 Å². The summed E-state index contributed by atoms with van der Waals surface area (Å²) in [5.41, 5.74) is 1.83. The van der Waals surface area contributed by atoms with Gasteiger partial charge in [-0.05, 0) is 30.7 Å². The molecule has 0 aromatic heterocycles. The van der Waals surface area contributed by atoms with Gasteiger partial charge in [-0.25, -0.2) is 9.18 Å². The van der Waals surface area contributed by atoms with E-state index < -0.39 is 10.7 Å². The van der Waals surface area contributed by atoms with Gasteiger partial charge in [-0.2, -0.15) is 0 Å². The molecule has 0 radical (unpaired) electrons. The molecule has 136 valence electrons. The molecule has 2 amide bonds. The van der Waals surface area contributed by atoms with E-state index in [0.717, 1.165) is 5.56 Å². The third kappa shape index (κ3) is 3.74. The zero-order valence-corrected chi connectivity index (χ0v) is 14.3. The van der Waals surface area contributed by atoms with Gasteiger partial charge in [-0.15, -0.1) is 0 Å². The van der Waals surface area contributed by atoms with Crippen molar-refractivity contribution >= 4 is 23.1 Å². The number of nitrogens with zero attached hydrogens (tertiary/aromatic N) is 3. The number of nitro groups is 1. The lowest BCUT2D eigenvalue weighted by Gasteiger charge is -2.35. The smallest absolute Gasteiger partial charge is 0.321 e. The van der Waals surface area contributed by atoms with Crippen LogP contribution >= 0.6 is 0 Å². The second kappa shape index (κ2) is 7.38. The van der Waals surface area contributed by atoms with Crippen molar-refractivity contribution in [1.29, 1.82) is 0 Å². The Balaban J connectivity index is 1.64. The molecule has 0 bridgehead atoms. The Morgan fingerprint density at radius 1 is 1.15 bits per heavy atom. The van der Waals surface area contributed by atoms with Crippen molar-refractivity contribution in [3.05, 3.63) is 64.0 Å². The number of benzene rings is 2. The number of piperazine rings is 1. The first-order valence-electron chi connectivity index (χ1n) is 8.26. The maximum Gasteiger partial charge on any atom is 0.321 e. The predicted molar refractivity (Wildman–Crippen MR) is 97.0 cm³/mol. The van der Waals surface area contributed by atoms with E-state index in [1.54, 1.807) is 36.1 Å². The summed E-state index contributed by atoms with van der Waals surface area (Å²) in [6.07, 6.45) is 0. The average Bonchev–Trinajstić information content (AvgIpc) is 2.65. The monoisotopic (exact) mass is 358 g/mol. The zero-order chi connectivity index (χ0) is 18.7. The lowest BCUT2D eigenvalue weighted by Crippen LogP contribution is -2.50. The molecule has 1 aliphatic heterocycles. The molecule has 1 heterocycles. The van der Waals surface area contributed by atoms with Crippen LogP contribution in [0.15, 0.2) is 42.5 Å². The summed E-state index contributed by atoms with van der Waals surface area (Å²) >= 11 is 0. The summed E-state index contributed by atoms with van der Waals surface area (Å²) in [6, 6.07) is 10.5. The van der Waals surface area contributed by atoms with Crippen LogP contribution < -0.4 is 10.2 Å². The van der Waals surface area contributed by atoms with E-state index in [0.29, 0.717) is 37.6 Å². The van der Waals surface area contributed by atoms with Gasteiger partial charge in [0.1, 0.15) is 11.5 Å². The van der Waals surface area contributed by atoms with E-state index in [4.69, 9.17) is 0 Å². The van der Waals surface area contributed by atoms with Crippen LogP contribution in [0, 0.1) is 22.9 Å². The molecule has 0 aliphatic carbocycles. The molecule has 0 unspecified atom stereocenters. The first-order valence-corrected chi connectivity index (χ1v) is 8.26. The summed E-state index contributed by atoms with van der Waals surface area (Å²) < 4.78 is 13.4. The highest BCUT2D eigenvalue weighted by molar-refractivity contribution is 5.90. The summed E-state index contributed by atoms with van der Waals surface area (Å²) in [5.74, 6) is -0.410. The van der Waals surface area contributed by atoms with Crippen molar-refractivity contribution in [2.24, 2.45) is 0 Å². The number of rotatable bonds is 3. The molecule has 3 rings (SSSR count). The molecule has 2 aromatic rings. The van der Waals surface area contributed by atoms with Gasteiger partial charge in [-0.1, -0.05) is 18.2 Å². The fourth-order valence-electron chi connectivity index (χ4n) is 2.96. The van der Waals surface area contributed by atoms with Crippen LogP contribution in [0.3, 0.4) is 0 Å². The third-order valence-electron chi connectivity index (χ3n) is 4.43. The first kappa shape index (κ1) is 17.7. The number of nitrogens with one attached hydrogen (secondary N) is 1. The van der Waals surface area contributed by atoms with E-state index >= 15 is 0 Å². The lowest BCUT2D eigenvalue weighted by molar-refractivity contribution is -0.384. The highest BCUT2D eigenvalue weighted by Crippen LogP contribution is 2.28. The molecule has 26 heavy (non-hydrogen) atoms. The summed E-state index contributed by atoms with van der Waals surface area (Å²) in [5, 5.41) is 13.9. The number of amides is 2. The van der Waals surface area contributed by atoms with E-state index in [1.165, 1.54) is 18.2 Å². The minimum atomic E-state index is -0.410. The van der Waals surface area contributed by atoms with Gasteiger partial charge in [-0.3, -0.25) is 10.1 Å². The van der Waals surface area contributed by atoms with Crippen molar-refractivity contribution in [2.45, 2.75) is 6.92 Å². The van der Waals surface area contributed by atoms with Crippen LogP contribution in [-0.2, 0) is 0 Å². The van der Waals surface area contributed by atoms with Gasteiger partial charge < -0.3 is 15.1 Å². The molecule has 2 aromatic carbocycles. The molecule has 7 nitrogen and oxygen atoms in total. The van der Waals surface area contributed by atoms with Crippen molar-refractivity contribution in [3.8, 4) is 0 Å². The molecular weight excluding hydrogens is 339 g/mol. The Morgan fingerprint density at radius 3 is 2.54 bits per heavy atom. The highest BCUT2D eigenvalue weighted by Gasteiger charge is 2.25. The molecule has 1 aliphatic rings. The molecule has 1 fully saturated rings. The number of carbonyl (C=O) groups is 1. The topological polar surface area (TPSA) is 78.7 Å². The summed E-state index contributed by atoms with van der Waals surface area (Å²) in [6.45, 7) is 3.61. The van der Waals surface area contributed by atoms with E-state index in [2.05, 4.69) is 5.32 Å². The largest absolute Gasteiger partial charge is 0.362 e. The number of para-hydroxylation sites is 2. The standard InChI is InChI=1S/C18H19FN4O3/c1-13-6-7-14(19)12-15(13)20-18(24)22-10-8-21(9-11-22)16-4-2-3-5-17(16)23(25)26/h2-7,12H,8-11H2,1H3,(H,20,24). The second-order valence-corrected chi connectivity index (χ2v) is 6.11. The van der Waals surface area contributed by atoms with Crippen LogP contribution in [0.25, 0.3) is 0 Å². The predicted octanol–water partition coefficient (Wildman–Crippen LogP) is 3.40. The fourth-order valence-corrected chi connectivity index (χ4v) is 2.96. The maximum atomic E-state index is 13.4. The van der Waals surface area contributed by atoms with Gasteiger partial charge in [0, 0.05) is 37.9 Å². The second-order valence-electron chi connectivity index (χ2n) is 6.11. The number of nitro benzene ring substituents is 1. The number of hydrogen-bond donors (Lipinski definition) is 1. The molecule has 1 N–H and O–H groups in total. The number of hydrogen-bond acceptors (Lipinski definition) is 4. The maximum absolute atomic E-state index is 13.4. The van der Waals surface area contributed by atoms with Gasteiger partial charge in [0.15, 0.2) is 0 Å². The zero-order valence-electron chi connectivity index (χ0n) is 14.3. The Bertz CT molecular complexity index is 835. The van der Waals surface area contributed by atoms with E-state index in [1.807, 2.05) is 4.90 Å².